The van der Waals surface area contributed by atoms with E-state index in [-0.39, 0.29) is 5.63 Å². The van der Waals surface area contributed by atoms with Crippen molar-refractivity contribution in [2.24, 2.45) is 0 Å². The molecule has 0 aliphatic carbocycles. The number of nitrogens with one attached hydrogen (secondary N) is 1. The van der Waals surface area contributed by atoms with E-state index >= 15 is 0 Å². The smallest absolute Gasteiger partial charge is 0.345 e. The van der Waals surface area contributed by atoms with Crippen LogP contribution in [0.3, 0.4) is 0 Å². The highest BCUT2D eigenvalue weighted by Gasteiger charge is 2.13. The van der Waals surface area contributed by atoms with Crippen LogP contribution in [0.25, 0.3) is 32.4 Å². The minimum Gasteiger partial charge on any atom is -0.422 e. The van der Waals surface area contributed by atoms with Gasteiger partial charge in [0.15, 0.2) is 10.3 Å². The van der Waals surface area contributed by atoms with Gasteiger partial charge in [-0.15, -0.1) is 23.1 Å². The number of aromatic nitrogens is 2. The average Bonchev–Trinajstić information content (AvgIpc) is 3.33. The zero-order chi connectivity index (χ0) is 19.1. The number of nitrogens with zero attached hydrogens (tertiary/aromatic N) is 2. The fourth-order valence-electron chi connectivity index (χ4n) is 2.87. The van der Waals surface area contributed by atoms with Gasteiger partial charge in [-0.05, 0) is 36.6 Å². The van der Waals surface area contributed by atoms with Crippen molar-refractivity contribution in [3.8, 4) is 11.3 Å². The lowest BCUT2D eigenvalue weighted by atomic mass is 10.1. The van der Waals surface area contributed by atoms with Crippen molar-refractivity contribution < 1.29 is 4.42 Å². The second-order valence-electron chi connectivity index (χ2n) is 6.00. The standard InChI is InChI=1S/C20H13N3O2S3/c1-26-12-6-7-14-17(9-12)28-20(21-14)23-19-22-15(10-27-19)13-8-11-4-2-3-5-16(11)25-18(13)24/h2-10H,1H3,(H,21,22,23). The number of thiazole rings is 2. The summed E-state index contributed by atoms with van der Waals surface area (Å²) in [4.78, 5) is 22.7. The maximum Gasteiger partial charge on any atom is 0.345 e. The summed E-state index contributed by atoms with van der Waals surface area (Å²) < 4.78 is 6.54. The van der Waals surface area contributed by atoms with Crippen molar-refractivity contribution in [1.82, 2.24) is 9.97 Å². The Morgan fingerprint density at radius 2 is 1.96 bits per heavy atom. The molecule has 0 fully saturated rings. The van der Waals surface area contributed by atoms with Gasteiger partial charge in [0.05, 0.1) is 21.5 Å². The summed E-state index contributed by atoms with van der Waals surface area (Å²) in [5.74, 6) is 0. The van der Waals surface area contributed by atoms with Gasteiger partial charge < -0.3 is 9.73 Å². The van der Waals surface area contributed by atoms with E-state index in [0.717, 1.165) is 20.7 Å². The highest BCUT2D eigenvalue weighted by Crippen LogP contribution is 2.33. The van der Waals surface area contributed by atoms with Crippen LogP contribution in [0.1, 0.15) is 0 Å². The Morgan fingerprint density at radius 1 is 1.07 bits per heavy atom. The highest BCUT2D eigenvalue weighted by atomic mass is 32.2. The molecule has 5 rings (SSSR count). The first-order valence-electron chi connectivity index (χ1n) is 8.40. The number of para-hydroxylation sites is 1. The summed E-state index contributed by atoms with van der Waals surface area (Å²) in [6.07, 6.45) is 2.06. The summed E-state index contributed by atoms with van der Waals surface area (Å²) in [5.41, 5.74) is 2.19. The number of thioether (sulfide) groups is 1. The zero-order valence-electron chi connectivity index (χ0n) is 14.6. The lowest BCUT2D eigenvalue weighted by Crippen LogP contribution is -2.02. The van der Waals surface area contributed by atoms with Gasteiger partial charge in [0, 0.05) is 15.7 Å². The number of benzene rings is 2. The van der Waals surface area contributed by atoms with Crippen LogP contribution < -0.4 is 10.9 Å². The van der Waals surface area contributed by atoms with E-state index in [2.05, 4.69) is 33.7 Å². The van der Waals surface area contributed by atoms with Crippen molar-refractivity contribution in [2.75, 3.05) is 11.6 Å². The van der Waals surface area contributed by atoms with Crippen molar-refractivity contribution >= 4 is 65.9 Å². The highest BCUT2D eigenvalue weighted by molar-refractivity contribution is 7.98. The maximum atomic E-state index is 12.3. The molecule has 138 valence electrons. The van der Waals surface area contributed by atoms with Crippen molar-refractivity contribution in [3.05, 3.63) is 64.3 Å². The van der Waals surface area contributed by atoms with Crippen LogP contribution >= 0.6 is 34.4 Å². The fourth-order valence-corrected chi connectivity index (χ4v) is 5.06. The first-order valence-corrected chi connectivity index (χ1v) is 11.3. The third-order valence-corrected chi connectivity index (χ3v) is 6.65. The van der Waals surface area contributed by atoms with Gasteiger partial charge >= 0.3 is 5.63 Å². The van der Waals surface area contributed by atoms with E-state index in [1.807, 2.05) is 35.7 Å². The fraction of sp³-hybridized carbons (Fsp3) is 0.0500. The van der Waals surface area contributed by atoms with E-state index in [0.29, 0.717) is 22.0 Å². The minimum atomic E-state index is -0.389. The predicted octanol–water partition coefficient (Wildman–Crippen LogP) is 5.99. The Labute approximate surface area is 172 Å². The molecule has 3 aromatic heterocycles. The molecule has 0 spiro atoms. The van der Waals surface area contributed by atoms with Gasteiger partial charge in [-0.2, -0.15) is 0 Å². The number of anilines is 2. The minimum absolute atomic E-state index is 0.389. The van der Waals surface area contributed by atoms with Crippen LogP contribution in [0.4, 0.5) is 10.3 Å². The summed E-state index contributed by atoms with van der Waals surface area (Å²) in [5, 5.41) is 7.44. The predicted molar refractivity (Wildman–Crippen MR) is 118 cm³/mol. The van der Waals surface area contributed by atoms with Crippen molar-refractivity contribution in [1.29, 1.82) is 0 Å². The molecule has 0 saturated heterocycles. The van der Waals surface area contributed by atoms with Gasteiger partial charge in [-0.1, -0.05) is 29.5 Å². The summed E-state index contributed by atoms with van der Waals surface area (Å²) in [6.45, 7) is 0. The molecule has 0 unspecified atom stereocenters. The van der Waals surface area contributed by atoms with Gasteiger partial charge in [0.1, 0.15) is 5.58 Å². The summed E-state index contributed by atoms with van der Waals surface area (Å²) in [7, 11) is 0. The number of hydrogen-bond acceptors (Lipinski definition) is 8. The Hall–Kier alpha value is -2.68. The molecule has 0 atom stereocenters. The molecule has 0 bridgehead atoms. The average molecular weight is 424 g/mol. The van der Waals surface area contributed by atoms with Crippen LogP contribution in [-0.4, -0.2) is 16.2 Å². The second-order valence-corrected chi connectivity index (χ2v) is 8.77. The first-order chi connectivity index (χ1) is 13.7. The molecule has 0 amide bonds. The maximum absolute atomic E-state index is 12.3. The topological polar surface area (TPSA) is 68.0 Å². The van der Waals surface area contributed by atoms with Crippen LogP contribution in [0.5, 0.6) is 0 Å². The largest absolute Gasteiger partial charge is 0.422 e. The second kappa shape index (κ2) is 7.05. The summed E-state index contributed by atoms with van der Waals surface area (Å²) in [6, 6.07) is 15.5. The molecular weight excluding hydrogens is 410 g/mol. The van der Waals surface area contributed by atoms with Gasteiger partial charge in [-0.3, -0.25) is 0 Å². The molecule has 0 aliphatic heterocycles. The summed E-state index contributed by atoms with van der Waals surface area (Å²) >= 11 is 4.72. The lowest BCUT2D eigenvalue weighted by molar-refractivity contribution is 0.563. The lowest BCUT2D eigenvalue weighted by Gasteiger charge is -1.99. The van der Waals surface area contributed by atoms with E-state index in [4.69, 9.17) is 4.42 Å². The number of hydrogen-bond donors (Lipinski definition) is 1. The molecule has 28 heavy (non-hydrogen) atoms. The van der Waals surface area contributed by atoms with Gasteiger partial charge in [0.25, 0.3) is 0 Å². The van der Waals surface area contributed by atoms with E-state index in [9.17, 15) is 4.79 Å². The van der Waals surface area contributed by atoms with E-state index in [1.54, 1.807) is 29.2 Å². The SMILES string of the molecule is CSc1ccc2nc(Nc3nc(-c4cc5ccccc5oc4=O)cs3)sc2c1. The van der Waals surface area contributed by atoms with Gasteiger partial charge in [-0.25, -0.2) is 14.8 Å². The Morgan fingerprint density at radius 3 is 2.86 bits per heavy atom. The molecule has 5 aromatic rings. The third-order valence-electron chi connectivity index (χ3n) is 4.23. The molecule has 0 aliphatic rings. The molecule has 8 heteroatoms. The molecule has 3 heterocycles. The Bertz CT molecular complexity index is 1370. The number of fused-ring (bicyclic) bond motifs is 2. The molecule has 0 radical (unpaired) electrons. The van der Waals surface area contributed by atoms with Crippen LogP contribution in [0, 0.1) is 0 Å². The molecule has 0 saturated carbocycles. The monoisotopic (exact) mass is 423 g/mol. The Balaban J connectivity index is 1.47. The van der Waals surface area contributed by atoms with E-state index < -0.39 is 0 Å². The molecule has 5 nitrogen and oxygen atoms in total. The third kappa shape index (κ3) is 3.19. The van der Waals surface area contributed by atoms with E-state index in [1.165, 1.54) is 16.2 Å². The normalized spacial score (nSPS) is 11.3. The zero-order valence-corrected chi connectivity index (χ0v) is 17.1. The molecule has 2 aromatic carbocycles. The van der Waals surface area contributed by atoms with Crippen LogP contribution in [0.15, 0.2) is 68.0 Å². The van der Waals surface area contributed by atoms with Gasteiger partial charge in [0.2, 0.25) is 0 Å². The molecule has 1 N–H and O–H groups in total. The number of rotatable bonds is 4. The van der Waals surface area contributed by atoms with Crippen molar-refractivity contribution in [2.45, 2.75) is 4.90 Å². The molecular formula is C20H13N3O2S3. The Kier molecular flexibility index (Phi) is 4.38. The quantitative estimate of drug-likeness (QED) is 0.283. The van der Waals surface area contributed by atoms with Crippen LogP contribution in [0.2, 0.25) is 0 Å². The van der Waals surface area contributed by atoms with Crippen molar-refractivity contribution in [3.63, 3.8) is 0 Å². The van der Waals surface area contributed by atoms with Crippen LogP contribution in [-0.2, 0) is 0 Å². The first kappa shape index (κ1) is 17.4.